The molecule has 1 unspecified atom stereocenters. The van der Waals surface area contributed by atoms with Crippen molar-refractivity contribution in [3.05, 3.63) is 24.3 Å². The first kappa shape index (κ1) is 16.1. The Balaban J connectivity index is 3.38. The molecule has 0 aromatic heterocycles. The third kappa shape index (κ3) is 11.4. The summed E-state index contributed by atoms with van der Waals surface area (Å²) < 4.78 is 0. The second-order valence-electron chi connectivity index (χ2n) is 4.56. The first-order valence-corrected chi connectivity index (χ1v) is 7.10. The highest BCUT2D eigenvalue weighted by atomic mass is 16.1. The lowest BCUT2D eigenvalue weighted by molar-refractivity contribution is -0.111. The standard InChI is InChI=1S/C16H28O/c1-3-5-6-7-8-9-10-11-12-13-14-16(4-2)15-17/h8-9,11-12,15-16H,3-7,10,13-14H2,1-2H3/b9-8+,12-11+. The van der Waals surface area contributed by atoms with Gasteiger partial charge in [0.25, 0.3) is 0 Å². The van der Waals surface area contributed by atoms with E-state index >= 15 is 0 Å². The van der Waals surface area contributed by atoms with Crippen molar-refractivity contribution in [3.8, 4) is 0 Å². The third-order valence-electron chi connectivity index (χ3n) is 3.00. The number of aldehydes is 1. The number of hydrogen-bond acceptors (Lipinski definition) is 1. The molecule has 0 bridgehead atoms. The van der Waals surface area contributed by atoms with Crippen molar-refractivity contribution in [1.29, 1.82) is 0 Å². The third-order valence-corrected chi connectivity index (χ3v) is 3.00. The minimum absolute atomic E-state index is 0.254. The number of hydrogen-bond donors (Lipinski definition) is 0. The van der Waals surface area contributed by atoms with Crippen LogP contribution in [0.3, 0.4) is 0 Å². The Labute approximate surface area is 107 Å². The Hall–Kier alpha value is -0.850. The van der Waals surface area contributed by atoms with Crippen LogP contribution in [0.5, 0.6) is 0 Å². The van der Waals surface area contributed by atoms with Gasteiger partial charge in [0.1, 0.15) is 6.29 Å². The van der Waals surface area contributed by atoms with Gasteiger partial charge < -0.3 is 4.79 Å². The topological polar surface area (TPSA) is 17.1 Å². The summed E-state index contributed by atoms with van der Waals surface area (Å²) in [5.41, 5.74) is 0. The Morgan fingerprint density at radius 2 is 1.65 bits per heavy atom. The van der Waals surface area contributed by atoms with Crippen LogP contribution in [0.4, 0.5) is 0 Å². The van der Waals surface area contributed by atoms with Crippen LogP contribution in [0.15, 0.2) is 24.3 Å². The quantitative estimate of drug-likeness (QED) is 0.278. The number of unbranched alkanes of at least 4 members (excludes halogenated alkanes) is 3. The van der Waals surface area contributed by atoms with Crippen molar-refractivity contribution < 1.29 is 4.79 Å². The maximum atomic E-state index is 10.6. The summed E-state index contributed by atoms with van der Waals surface area (Å²) in [5, 5.41) is 0. The fourth-order valence-electron chi connectivity index (χ4n) is 1.70. The average molecular weight is 236 g/mol. The molecule has 0 saturated heterocycles. The fourth-order valence-corrected chi connectivity index (χ4v) is 1.70. The largest absolute Gasteiger partial charge is 0.303 e. The van der Waals surface area contributed by atoms with E-state index in [1.807, 2.05) is 0 Å². The molecule has 0 saturated carbocycles. The van der Waals surface area contributed by atoms with Crippen LogP contribution in [0, 0.1) is 5.92 Å². The van der Waals surface area contributed by atoms with Crippen molar-refractivity contribution in [1.82, 2.24) is 0 Å². The van der Waals surface area contributed by atoms with Crippen LogP contribution >= 0.6 is 0 Å². The molecule has 0 N–H and O–H groups in total. The minimum Gasteiger partial charge on any atom is -0.303 e. The lowest BCUT2D eigenvalue weighted by atomic mass is 10.0. The first-order valence-electron chi connectivity index (χ1n) is 7.10. The molecule has 0 fully saturated rings. The highest BCUT2D eigenvalue weighted by molar-refractivity contribution is 5.53. The van der Waals surface area contributed by atoms with Crippen LogP contribution in [0.2, 0.25) is 0 Å². The second-order valence-corrected chi connectivity index (χ2v) is 4.56. The van der Waals surface area contributed by atoms with E-state index in [1.165, 1.54) is 25.7 Å². The molecular weight excluding hydrogens is 208 g/mol. The van der Waals surface area contributed by atoms with Crippen molar-refractivity contribution in [2.75, 3.05) is 0 Å². The van der Waals surface area contributed by atoms with E-state index in [0.717, 1.165) is 32.0 Å². The van der Waals surface area contributed by atoms with Gasteiger partial charge in [-0.2, -0.15) is 0 Å². The van der Waals surface area contributed by atoms with E-state index in [1.54, 1.807) is 0 Å². The van der Waals surface area contributed by atoms with Gasteiger partial charge in [-0.3, -0.25) is 0 Å². The molecule has 1 heteroatoms. The fraction of sp³-hybridized carbons (Fsp3) is 0.688. The summed E-state index contributed by atoms with van der Waals surface area (Å²) in [6.45, 7) is 4.30. The van der Waals surface area contributed by atoms with E-state index < -0.39 is 0 Å². The molecule has 0 radical (unpaired) electrons. The number of carbonyl (C=O) groups is 1. The van der Waals surface area contributed by atoms with Crippen molar-refractivity contribution in [2.24, 2.45) is 5.92 Å². The molecule has 1 nitrogen and oxygen atoms in total. The van der Waals surface area contributed by atoms with Gasteiger partial charge in [0.05, 0.1) is 0 Å². The highest BCUT2D eigenvalue weighted by Gasteiger charge is 2.00. The molecule has 0 heterocycles. The van der Waals surface area contributed by atoms with Gasteiger partial charge >= 0.3 is 0 Å². The monoisotopic (exact) mass is 236 g/mol. The van der Waals surface area contributed by atoms with Crippen LogP contribution < -0.4 is 0 Å². The van der Waals surface area contributed by atoms with Gasteiger partial charge in [-0.1, -0.05) is 51.0 Å². The van der Waals surface area contributed by atoms with Gasteiger partial charge in [-0.25, -0.2) is 0 Å². The Bertz CT molecular complexity index is 216. The molecule has 0 amide bonds. The van der Waals surface area contributed by atoms with Gasteiger partial charge in [0.2, 0.25) is 0 Å². The molecule has 0 aliphatic rings. The lowest BCUT2D eigenvalue weighted by Gasteiger charge is -2.02. The van der Waals surface area contributed by atoms with Crippen molar-refractivity contribution in [2.45, 2.75) is 65.2 Å². The second kappa shape index (κ2) is 13.2. The summed E-state index contributed by atoms with van der Waals surface area (Å²) in [6, 6.07) is 0. The summed E-state index contributed by atoms with van der Waals surface area (Å²) in [7, 11) is 0. The minimum atomic E-state index is 0.254. The predicted octanol–water partition coefficient (Wildman–Crippen LogP) is 5.07. The predicted molar refractivity (Wildman–Crippen MR) is 76.1 cm³/mol. The van der Waals surface area contributed by atoms with E-state index in [9.17, 15) is 4.79 Å². The van der Waals surface area contributed by atoms with Crippen LogP contribution in [0.1, 0.15) is 65.2 Å². The normalized spacial score (nSPS) is 13.5. The first-order chi connectivity index (χ1) is 8.35. The van der Waals surface area contributed by atoms with Crippen molar-refractivity contribution >= 4 is 6.29 Å². The SMILES string of the molecule is CCCCC/C=C/C/C=C/CCC(C=O)CC. The van der Waals surface area contributed by atoms with Crippen LogP contribution in [0.25, 0.3) is 0 Å². The molecule has 1 atom stereocenters. The van der Waals surface area contributed by atoms with E-state index in [0.29, 0.717) is 0 Å². The molecule has 0 aromatic rings. The Kier molecular flexibility index (Phi) is 12.6. The zero-order valence-electron chi connectivity index (χ0n) is 11.5. The maximum absolute atomic E-state index is 10.6. The van der Waals surface area contributed by atoms with Crippen molar-refractivity contribution in [3.63, 3.8) is 0 Å². The van der Waals surface area contributed by atoms with E-state index in [2.05, 4.69) is 38.2 Å². The molecule has 0 aliphatic carbocycles. The number of rotatable bonds is 11. The molecule has 0 rings (SSSR count). The highest BCUT2D eigenvalue weighted by Crippen LogP contribution is 2.08. The molecule has 17 heavy (non-hydrogen) atoms. The number of carbonyl (C=O) groups excluding carboxylic acids is 1. The molecule has 0 aliphatic heterocycles. The molecule has 98 valence electrons. The van der Waals surface area contributed by atoms with Gasteiger partial charge in [0.15, 0.2) is 0 Å². The Morgan fingerprint density at radius 3 is 2.24 bits per heavy atom. The maximum Gasteiger partial charge on any atom is 0.123 e. The lowest BCUT2D eigenvalue weighted by Crippen LogP contribution is -1.98. The zero-order valence-corrected chi connectivity index (χ0v) is 11.5. The summed E-state index contributed by atoms with van der Waals surface area (Å²) >= 11 is 0. The zero-order chi connectivity index (χ0) is 12.8. The molecular formula is C16H28O. The summed E-state index contributed by atoms with van der Waals surface area (Å²) in [6.07, 6.45) is 19.2. The Morgan fingerprint density at radius 1 is 0.941 bits per heavy atom. The van der Waals surface area contributed by atoms with Gasteiger partial charge in [0, 0.05) is 5.92 Å². The van der Waals surface area contributed by atoms with E-state index in [-0.39, 0.29) is 5.92 Å². The van der Waals surface area contributed by atoms with Crippen LogP contribution in [-0.4, -0.2) is 6.29 Å². The van der Waals surface area contributed by atoms with E-state index in [4.69, 9.17) is 0 Å². The summed E-state index contributed by atoms with van der Waals surface area (Å²) in [4.78, 5) is 10.6. The van der Waals surface area contributed by atoms with Gasteiger partial charge in [-0.15, -0.1) is 0 Å². The van der Waals surface area contributed by atoms with Gasteiger partial charge in [-0.05, 0) is 38.5 Å². The smallest absolute Gasteiger partial charge is 0.123 e. The number of allylic oxidation sites excluding steroid dienone is 4. The van der Waals surface area contributed by atoms with Crippen LogP contribution in [-0.2, 0) is 4.79 Å². The molecule has 0 aromatic carbocycles. The molecule has 0 spiro atoms. The average Bonchev–Trinajstić information content (AvgIpc) is 2.36. The summed E-state index contributed by atoms with van der Waals surface area (Å²) in [5.74, 6) is 0.254.